The van der Waals surface area contributed by atoms with Crippen molar-refractivity contribution < 1.29 is 9.21 Å². The van der Waals surface area contributed by atoms with Gasteiger partial charge in [0.2, 0.25) is 0 Å². The smallest absolute Gasteiger partial charge is 0.257 e. The summed E-state index contributed by atoms with van der Waals surface area (Å²) in [6.07, 6.45) is 5.07. The summed E-state index contributed by atoms with van der Waals surface area (Å²) in [4.78, 5) is 14.0. The molecule has 2 heterocycles. The Morgan fingerprint density at radius 2 is 2.50 bits per heavy atom. The summed E-state index contributed by atoms with van der Waals surface area (Å²) < 4.78 is 4.94. The molecule has 2 unspecified atom stereocenters. The van der Waals surface area contributed by atoms with Crippen LogP contribution in [0.15, 0.2) is 23.0 Å². The maximum Gasteiger partial charge on any atom is 0.257 e. The standard InChI is InChI=1S/C12H18N2O2/c1-9-2-4-14(11(6-9)7-13)12(15)10-3-5-16-8-10/h3,5,8-9,11H,2,4,6-7,13H2,1H3. The molecule has 2 N–H and O–H groups in total. The quantitative estimate of drug-likeness (QED) is 0.824. The molecule has 4 heteroatoms. The molecule has 2 atom stereocenters. The van der Waals surface area contributed by atoms with Gasteiger partial charge in [-0.1, -0.05) is 6.92 Å². The summed E-state index contributed by atoms with van der Waals surface area (Å²) in [7, 11) is 0. The zero-order valence-corrected chi connectivity index (χ0v) is 9.56. The lowest BCUT2D eigenvalue weighted by Crippen LogP contribution is -2.49. The van der Waals surface area contributed by atoms with Crippen molar-refractivity contribution in [1.29, 1.82) is 0 Å². The summed E-state index contributed by atoms with van der Waals surface area (Å²) in [5.41, 5.74) is 6.35. The molecular formula is C12H18N2O2. The molecule has 0 spiro atoms. The summed E-state index contributed by atoms with van der Waals surface area (Å²) >= 11 is 0. The van der Waals surface area contributed by atoms with Crippen LogP contribution in [-0.2, 0) is 0 Å². The maximum atomic E-state index is 12.1. The van der Waals surface area contributed by atoms with Crippen LogP contribution in [0.25, 0.3) is 0 Å². The third kappa shape index (κ3) is 2.11. The zero-order valence-electron chi connectivity index (χ0n) is 9.56. The van der Waals surface area contributed by atoms with Crippen molar-refractivity contribution in [2.24, 2.45) is 11.7 Å². The van der Waals surface area contributed by atoms with E-state index in [0.29, 0.717) is 18.0 Å². The summed E-state index contributed by atoms with van der Waals surface area (Å²) in [5, 5.41) is 0. The molecule has 0 bridgehead atoms. The third-order valence-corrected chi connectivity index (χ3v) is 3.28. The topological polar surface area (TPSA) is 59.5 Å². The highest BCUT2D eigenvalue weighted by Crippen LogP contribution is 2.23. The molecule has 0 radical (unpaired) electrons. The first-order chi connectivity index (χ1) is 7.72. The van der Waals surface area contributed by atoms with E-state index in [1.54, 1.807) is 6.07 Å². The van der Waals surface area contributed by atoms with Gasteiger partial charge in [-0.15, -0.1) is 0 Å². The van der Waals surface area contributed by atoms with Gasteiger partial charge in [0.05, 0.1) is 11.8 Å². The van der Waals surface area contributed by atoms with Gasteiger partial charge in [-0.05, 0) is 24.8 Å². The van der Waals surface area contributed by atoms with Crippen LogP contribution in [-0.4, -0.2) is 29.9 Å². The highest BCUT2D eigenvalue weighted by molar-refractivity contribution is 5.94. The lowest BCUT2D eigenvalue weighted by atomic mass is 9.92. The first-order valence-corrected chi connectivity index (χ1v) is 5.75. The predicted octanol–water partition coefficient (Wildman–Crippen LogP) is 1.48. The van der Waals surface area contributed by atoms with Crippen molar-refractivity contribution in [3.05, 3.63) is 24.2 Å². The summed E-state index contributed by atoms with van der Waals surface area (Å²) in [6.45, 7) is 3.54. The van der Waals surface area contributed by atoms with E-state index in [2.05, 4.69) is 6.92 Å². The van der Waals surface area contributed by atoms with Gasteiger partial charge in [0, 0.05) is 19.1 Å². The molecule has 1 amide bonds. The van der Waals surface area contributed by atoms with Crippen LogP contribution in [0.1, 0.15) is 30.1 Å². The average Bonchev–Trinajstić information content (AvgIpc) is 2.81. The van der Waals surface area contributed by atoms with Gasteiger partial charge in [-0.25, -0.2) is 0 Å². The summed E-state index contributed by atoms with van der Waals surface area (Å²) in [6, 6.07) is 1.87. The highest BCUT2D eigenvalue weighted by atomic mass is 16.3. The van der Waals surface area contributed by atoms with E-state index < -0.39 is 0 Å². The molecule has 0 aliphatic carbocycles. The van der Waals surface area contributed by atoms with Crippen LogP contribution in [0.2, 0.25) is 0 Å². The van der Waals surface area contributed by atoms with E-state index in [4.69, 9.17) is 10.2 Å². The van der Waals surface area contributed by atoms with Crippen LogP contribution >= 0.6 is 0 Å². The van der Waals surface area contributed by atoms with Gasteiger partial charge >= 0.3 is 0 Å². The molecule has 0 aromatic carbocycles. The van der Waals surface area contributed by atoms with Crippen LogP contribution < -0.4 is 5.73 Å². The number of amides is 1. The molecule has 0 saturated carbocycles. The van der Waals surface area contributed by atoms with E-state index in [0.717, 1.165) is 19.4 Å². The minimum atomic E-state index is 0.0381. The van der Waals surface area contributed by atoms with Crippen molar-refractivity contribution in [2.45, 2.75) is 25.8 Å². The van der Waals surface area contributed by atoms with Crippen molar-refractivity contribution in [3.8, 4) is 0 Å². The minimum Gasteiger partial charge on any atom is -0.472 e. The Morgan fingerprint density at radius 1 is 1.69 bits per heavy atom. The SMILES string of the molecule is CC1CCN(C(=O)c2ccoc2)C(CN)C1. The molecule has 1 aromatic heterocycles. The van der Waals surface area contributed by atoms with Crippen molar-refractivity contribution in [3.63, 3.8) is 0 Å². The molecule has 1 aliphatic rings. The number of piperidine rings is 1. The van der Waals surface area contributed by atoms with E-state index in [9.17, 15) is 4.79 Å². The Kier molecular flexibility index (Phi) is 3.29. The number of carbonyl (C=O) groups excluding carboxylic acids is 1. The Hall–Kier alpha value is -1.29. The largest absolute Gasteiger partial charge is 0.472 e. The second-order valence-corrected chi connectivity index (χ2v) is 4.53. The Labute approximate surface area is 95.4 Å². The van der Waals surface area contributed by atoms with Gasteiger partial charge in [0.15, 0.2) is 0 Å². The van der Waals surface area contributed by atoms with E-state index >= 15 is 0 Å². The normalized spacial score (nSPS) is 25.8. The molecule has 1 aliphatic heterocycles. The molecule has 1 fully saturated rings. The van der Waals surface area contributed by atoms with E-state index in [1.807, 2.05) is 4.90 Å². The number of nitrogens with zero attached hydrogens (tertiary/aromatic N) is 1. The number of nitrogens with two attached hydrogens (primary N) is 1. The fraction of sp³-hybridized carbons (Fsp3) is 0.583. The fourth-order valence-electron chi connectivity index (χ4n) is 2.29. The first kappa shape index (κ1) is 11.2. The molecule has 1 aromatic rings. The minimum absolute atomic E-state index is 0.0381. The molecule has 1 saturated heterocycles. The third-order valence-electron chi connectivity index (χ3n) is 3.28. The average molecular weight is 222 g/mol. The van der Waals surface area contributed by atoms with Crippen LogP contribution in [0.3, 0.4) is 0 Å². The van der Waals surface area contributed by atoms with Gasteiger partial charge in [0.1, 0.15) is 6.26 Å². The van der Waals surface area contributed by atoms with E-state index in [-0.39, 0.29) is 11.9 Å². The fourth-order valence-corrected chi connectivity index (χ4v) is 2.29. The van der Waals surface area contributed by atoms with Crippen LogP contribution in [0.4, 0.5) is 0 Å². The second-order valence-electron chi connectivity index (χ2n) is 4.53. The molecule has 88 valence electrons. The number of furan rings is 1. The van der Waals surface area contributed by atoms with Crippen molar-refractivity contribution >= 4 is 5.91 Å². The monoisotopic (exact) mass is 222 g/mol. The molecule has 4 nitrogen and oxygen atoms in total. The number of hydrogen-bond acceptors (Lipinski definition) is 3. The Bertz CT molecular complexity index is 348. The van der Waals surface area contributed by atoms with Crippen molar-refractivity contribution in [2.75, 3.05) is 13.1 Å². The second kappa shape index (κ2) is 4.70. The van der Waals surface area contributed by atoms with Gasteiger partial charge in [-0.2, -0.15) is 0 Å². The lowest BCUT2D eigenvalue weighted by Gasteiger charge is -2.37. The van der Waals surface area contributed by atoms with Crippen LogP contribution in [0.5, 0.6) is 0 Å². The number of likely N-dealkylation sites (tertiary alicyclic amines) is 1. The number of rotatable bonds is 2. The number of carbonyl (C=O) groups is 1. The molecule has 2 rings (SSSR count). The van der Waals surface area contributed by atoms with Gasteiger partial charge in [-0.3, -0.25) is 4.79 Å². The first-order valence-electron chi connectivity index (χ1n) is 5.75. The lowest BCUT2D eigenvalue weighted by molar-refractivity contribution is 0.0573. The van der Waals surface area contributed by atoms with Gasteiger partial charge in [0.25, 0.3) is 5.91 Å². The van der Waals surface area contributed by atoms with Gasteiger partial charge < -0.3 is 15.1 Å². The highest BCUT2D eigenvalue weighted by Gasteiger charge is 2.29. The van der Waals surface area contributed by atoms with Crippen molar-refractivity contribution in [1.82, 2.24) is 4.90 Å². The Balaban J connectivity index is 2.10. The summed E-state index contributed by atoms with van der Waals surface area (Å²) in [5.74, 6) is 0.693. The molecule has 16 heavy (non-hydrogen) atoms. The van der Waals surface area contributed by atoms with E-state index in [1.165, 1.54) is 12.5 Å². The van der Waals surface area contributed by atoms with Crippen LogP contribution in [0, 0.1) is 5.92 Å². The number of hydrogen-bond donors (Lipinski definition) is 1. The maximum absolute atomic E-state index is 12.1. The zero-order chi connectivity index (χ0) is 11.5. The predicted molar refractivity (Wildman–Crippen MR) is 61.0 cm³/mol. The molecular weight excluding hydrogens is 204 g/mol. The Morgan fingerprint density at radius 3 is 3.12 bits per heavy atom.